The standard InChI is InChI=1S/C14H17FN2S/c1-14(2,10-4-6-11(15)7-5-10)13-17-9-12(18-13)8-16-3/h4-7,9,16H,8H2,1-3H3. The molecule has 0 aliphatic rings. The molecule has 2 aromatic rings. The maximum absolute atomic E-state index is 13.0. The summed E-state index contributed by atoms with van der Waals surface area (Å²) in [5, 5.41) is 4.17. The largest absolute Gasteiger partial charge is 0.315 e. The fourth-order valence-electron chi connectivity index (χ4n) is 1.84. The maximum Gasteiger partial charge on any atom is 0.123 e. The van der Waals surface area contributed by atoms with Crippen LogP contribution in [0.5, 0.6) is 0 Å². The normalized spacial score (nSPS) is 11.8. The van der Waals surface area contributed by atoms with Crippen LogP contribution in [0.1, 0.15) is 29.3 Å². The second-order valence-corrected chi connectivity index (χ2v) is 5.91. The Hall–Kier alpha value is -1.26. The molecule has 0 aliphatic heterocycles. The minimum Gasteiger partial charge on any atom is -0.315 e. The number of thiazole rings is 1. The Kier molecular flexibility index (Phi) is 3.78. The zero-order valence-corrected chi connectivity index (χ0v) is 11.6. The lowest BCUT2D eigenvalue weighted by atomic mass is 9.85. The SMILES string of the molecule is CNCc1cnc(C(C)(C)c2ccc(F)cc2)s1. The Labute approximate surface area is 111 Å². The highest BCUT2D eigenvalue weighted by atomic mass is 32.1. The molecule has 0 fully saturated rings. The monoisotopic (exact) mass is 264 g/mol. The van der Waals surface area contributed by atoms with E-state index in [4.69, 9.17) is 0 Å². The van der Waals surface area contributed by atoms with E-state index in [0.717, 1.165) is 17.1 Å². The van der Waals surface area contributed by atoms with E-state index < -0.39 is 0 Å². The molecule has 0 bridgehead atoms. The van der Waals surface area contributed by atoms with Crippen molar-refractivity contribution in [3.05, 3.63) is 51.7 Å². The number of rotatable bonds is 4. The van der Waals surface area contributed by atoms with Gasteiger partial charge in [0.05, 0.1) is 0 Å². The van der Waals surface area contributed by atoms with Crippen molar-refractivity contribution in [1.82, 2.24) is 10.3 Å². The summed E-state index contributed by atoms with van der Waals surface area (Å²) in [5.74, 6) is -0.204. The average Bonchev–Trinajstić information content (AvgIpc) is 2.79. The highest BCUT2D eigenvalue weighted by Gasteiger charge is 2.26. The first-order valence-corrected chi connectivity index (χ1v) is 6.71. The molecule has 1 aromatic carbocycles. The van der Waals surface area contributed by atoms with Crippen LogP contribution >= 0.6 is 11.3 Å². The summed E-state index contributed by atoms with van der Waals surface area (Å²) in [5.41, 5.74) is 0.888. The van der Waals surface area contributed by atoms with Gasteiger partial charge in [0.2, 0.25) is 0 Å². The van der Waals surface area contributed by atoms with Gasteiger partial charge in [-0.15, -0.1) is 11.3 Å². The first-order valence-electron chi connectivity index (χ1n) is 5.90. The predicted octanol–water partition coefficient (Wildman–Crippen LogP) is 3.33. The van der Waals surface area contributed by atoms with Crippen molar-refractivity contribution in [3.8, 4) is 0 Å². The van der Waals surface area contributed by atoms with Crippen LogP contribution in [0.15, 0.2) is 30.5 Å². The van der Waals surface area contributed by atoms with Gasteiger partial charge in [-0.25, -0.2) is 9.37 Å². The Morgan fingerprint density at radius 3 is 2.56 bits per heavy atom. The summed E-state index contributed by atoms with van der Waals surface area (Å²) in [6.45, 7) is 5.06. The van der Waals surface area contributed by atoms with Gasteiger partial charge < -0.3 is 5.32 Å². The van der Waals surface area contributed by atoms with Gasteiger partial charge >= 0.3 is 0 Å². The molecule has 0 saturated carbocycles. The molecular formula is C14H17FN2S. The lowest BCUT2D eigenvalue weighted by Gasteiger charge is -2.22. The number of hydrogen-bond donors (Lipinski definition) is 1. The summed E-state index contributed by atoms with van der Waals surface area (Å²) in [6, 6.07) is 6.65. The molecule has 0 atom stereocenters. The molecule has 1 heterocycles. The minimum absolute atomic E-state index is 0.190. The second kappa shape index (κ2) is 5.16. The molecule has 0 spiro atoms. The second-order valence-electron chi connectivity index (χ2n) is 4.79. The summed E-state index contributed by atoms with van der Waals surface area (Å²) in [6.07, 6.45) is 1.90. The van der Waals surface area contributed by atoms with Crippen molar-refractivity contribution in [1.29, 1.82) is 0 Å². The van der Waals surface area contributed by atoms with Gasteiger partial charge in [-0.1, -0.05) is 12.1 Å². The smallest absolute Gasteiger partial charge is 0.123 e. The third-order valence-electron chi connectivity index (χ3n) is 3.01. The molecule has 4 heteroatoms. The fourth-order valence-corrected chi connectivity index (χ4v) is 2.89. The molecule has 2 nitrogen and oxygen atoms in total. The van der Waals surface area contributed by atoms with Crippen molar-refractivity contribution < 1.29 is 4.39 Å². The van der Waals surface area contributed by atoms with Crippen molar-refractivity contribution in [2.24, 2.45) is 0 Å². The number of aromatic nitrogens is 1. The van der Waals surface area contributed by atoms with Crippen LogP contribution in [-0.4, -0.2) is 12.0 Å². The Morgan fingerprint density at radius 1 is 1.28 bits per heavy atom. The zero-order valence-electron chi connectivity index (χ0n) is 10.8. The lowest BCUT2D eigenvalue weighted by molar-refractivity contribution is 0.612. The summed E-state index contributed by atoms with van der Waals surface area (Å²) >= 11 is 1.70. The summed E-state index contributed by atoms with van der Waals surface area (Å²) in [4.78, 5) is 5.70. The molecule has 0 amide bonds. The van der Waals surface area contributed by atoms with Crippen LogP contribution in [0.3, 0.4) is 0 Å². The van der Waals surface area contributed by atoms with Gasteiger partial charge in [-0.2, -0.15) is 0 Å². The van der Waals surface area contributed by atoms with Gasteiger partial charge in [-0.05, 0) is 38.6 Å². The van der Waals surface area contributed by atoms with E-state index in [0.29, 0.717) is 0 Å². The Morgan fingerprint density at radius 2 is 1.94 bits per heavy atom. The average molecular weight is 264 g/mol. The fraction of sp³-hybridized carbons (Fsp3) is 0.357. The molecule has 2 rings (SSSR count). The van der Waals surface area contributed by atoms with Gasteiger partial charge in [0.25, 0.3) is 0 Å². The lowest BCUT2D eigenvalue weighted by Crippen LogP contribution is -2.18. The van der Waals surface area contributed by atoms with Crippen molar-refractivity contribution in [3.63, 3.8) is 0 Å². The third kappa shape index (κ3) is 2.60. The van der Waals surface area contributed by atoms with E-state index in [1.165, 1.54) is 17.0 Å². The van der Waals surface area contributed by atoms with Crippen LogP contribution in [0, 0.1) is 5.82 Å². The van der Waals surface area contributed by atoms with E-state index in [2.05, 4.69) is 24.1 Å². The van der Waals surface area contributed by atoms with Crippen LogP contribution < -0.4 is 5.32 Å². The zero-order chi connectivity index (χ0) is 13.2. The first kappa shape index (κ1) is 13.2. The molecule has 0 saturated heterocycles. The van der Waals surface area contributed by atoms with Gasteiger partial charge in [0.1, 0.15) is 10.8 Å². The van der Waals surface area contributed by atoms with E-state index in [1.807, 2.05) is 25.4 Å². The molecule has 0 aliphatic carbocycles. The minimum atomic E-state index is -0.204. The number of halogens is 1. The number of nitrogens with one attached hydrogen (secondary N) is 1. The molecular weight excluding hydrogens is 247 g/mol. The highest BCUT2D eigenvalue weighted by molar-refractivity contribution is 7.11. The van der Waals surface area contributed by atoms with Crippen LogP contribution in [0.25, 0.3) is 0 Å². The van der Waals surface area contributed by atoms with Gasteiger partial charge in [-0.3, -0.25) is 0 Å². The Balaban J connectivity index is 2.31. The van der Waals surface area contributed by atoms with Gasteiger partial charge in [0.15, 0.2) is 0 Å². The molecule has 96 valence electrons. The van der Waals surface area contributed by atoms with E-state index >= 15 is 0 Å². The third-order valence-corrected chi connectivity index (χ3v) is 4.33. The molecule has 0 unspecified atom stereocenters. The van der Waals surface area contributed by atoms with E-state index in [1.54, 1.807) is 11.3 Å². The van der Waals surface area contributed by atoms with Crippen LogP contribution in [0.2, 0.25) is 0 Å². The Bertz CT molecular complexity index is 517. The molecule has 18 heavy (non-hydrogen) atoms. The van der Waals surface area contributed by atoms with Gasteiger partial charge in [0, 0.05) is 23.0 Å². The maximum atomic E-state index is 13.0. The van der Waals surface area contributed by atoms with Crippen molar-refractivity contribution in [2.45, 2.75) is 25.8 Å². The van der Waals surface area contributed by atoms with Crippen molar-refractivity contribution in [2.75, 3.05) is 7.05 Å². The molecule has 1 aromatic heterocycles. The number of hydrogen-bond acceptors (Lipinski definition) is 3. The van der Waals surface area contributed by atoms with Crippen LogP contribution in [0.4, 0.5) is 4.39 Å². The number of nitrogens with zero attached hydrogens (tertiary/aromatic N) is 1. The number of benzene rings is 1. The highest BCUT2D eigenvalue weighted by Crippen LogP contribution is 2.34. The van der Waals surface area contributed by atoms with Crippen molar-refractivity contribution >= 4 is 11.3 Å². The summed E-state index contributed by atoms with van der Waals surface area (Å²) in [7, 11) is 1.92. The van der Waals surface area contributed by atoms with E-state index in [-0.39, 0.29) is 11.2 Å². The molecule has 1 N–H and O–H groups in total. The molecule has 0 radical (unpaired) electrons. The summed E-state index contributed by atoms with van der Waals surface area (Å²) < 4.78 is 13.0. The quantitative estimate of drug-likeness (QED) is 0.916. The topological polar surface area (TPSA) is 24.9 Å². The predicted molar refractivity (Wildman–Crippen MR) is 73.4 cm³/mol. The van der Waals surface area contributed by atoms with Crippen LogP contribution in [-0.2, 0) is 12.0 Å². The van der Waals surface area contributed by atoms with E-state index in [9.17, 15) is 4.39 Å². The first-order chi connectivity index (χ1) is 8.54.